The largest absolute Gasteiger partial charge is 0.348 e. The molecule has 0 saturated heterocycles. The minimum Gasteiger partial charge on any atom is -0.348 e. The van der Waals surface area contributed by atoms with Crippen molar-refractivity contribution < 1.29 is 18.5 Å². The second kappa shape index (κ2) is 6.38. The van der Waals surface area contributed by atoms with Gasteiger partial charge in [-0.3, -0.25) is 14.9 Å². The third-order valence-corrected chi connectivity index (χ3v) is 2.87. The summed E-state index contributed by atoms with van der Waals surface area (Å²) < 4.78 is 27.4. The van der Waals surface area contributed by atoms with E-state index >= 15 is 0 Å². The van der Waals surface area contributed by atoms with E-state index in [0.29, 0.717) is 12.1 Å². The SMILES string of the molecule is CC(C)C(CN)NC(=O)c1c(F)ccc([N+](=O)[O-])c1F. The third-order valence-electron chi connectivity index (χ3n) is 2.87. The molecule has 1 atom stereocenters. The van der Waals surface area contributed by atoms with Gasteiger partial charge in [-0.25, -0.2) is 4.39 Å². The molecule has 20 heavy (non-hydrogen) atoms. The van der Waals surface area contributed by atoms with Crippen molar-refractivity contribution in [3.63, 3.8) is 0 Å². The first-order valence-corrected chi connectivity index (χ1v) is 5.92. The van der Waals surface area contributed by atoms with E-state index in [4.69, 9.17) is 5.73 Å². The standard InChI is InChI=1S/C12H15F2N3O3/c1-6(2)8(5-15)16-12(18)10-7(13)3-4-9(11(10)14)17(19)20/h3-4,6,8H,5,15H2,1-2H3,(H,16,18). The van der Waals surface area contributed by atoms with Gasteiger partial charge in [0.1, 0.15) is 11.4 Å². The number of carbonyl (C=O) groups excluding carboxylic acids is 1. The van der Waals surface area contributed by atoms with E-state index < -0.39 is 39.8 Å². The Hall–Kier alpha value is -2.09. The predicted octanol–water partition coefficient (Wildman–Crippen LogP) is 1.59. The molecule has 0 aromatic heterocycles. The number of halogens is 2. The van der Waals surface area contributed by atoms with Gasteiger partial charge in [-0.2, -0.15) is 4.39 Å². The van der Waals surface area contributed by atoms with Crippen LogP contribution in [0.5, 0.6) is 0 Å². The molecule has 3 N–H and O–H groups in total. The van der Waals surface area contributed by atoms with E-state index in [0.717, 1.165) is 0 Å². The second-order valence-electron chi connectivity index (χ2n) is 4.57. The molecule has 110 valence electrons. The lowest BCUT2D eigenvalue weighted by Crippen LogP contribution is -2.44. The second-order valence-corrected chi connectivity index (χ2v) is 4.57. The van der Waals surface area contributed by atoms with Crippen LogP contribution in [-0.4, -0.2) is 23.4 Å². The number of nitro benzene ring substituents is 1. The molecule has 0 spiro atoms. The van der Waals surface area contributed by atoms with Gasteiger partial charge >= 0.3 is 5.69 Å². The van der Waals surface area contributed by atoms with Crippen LogP contribution in [0.25, 0.3) is 0 Å². The summed E-state index contributed by atoms with van der Waals surface area (Å²) in [4.78, 5) is 21.4. The molecule has 0 aliphatic heterocycles. The van der Waals surface area contributed by atoms with Crippen LogP contribution in [0, 0.1) is 27.7 Å². The van der Waals surface area contributed by atoms with E-state index in [9.17, 15) is 23.7 Å². The molecule has 1 unspecified atom stereocenters. The van der Waals surface area contributed by atoms with E-state index in [-0.39, 0.29) is 12.5 Å². The number of carbonyl (C=O) groups is 1. The molecule has 1 rings (SSSR count). The molecule has 0 aliphatic carbocycles. The topological polar surface area (TPSA) is 98.3 Å². The van der Waals surface area contributed by atoms with Gasteiger partial charge in [0.2, 0.25) is 5.82 Å². The minimum absolute atomic E-state index is 0.0474. The van der Waals surface area contributed by atoms with E-state index in [1.165, 1.54) is 0 Å². The summed E-state index contributed by atoms with van der Waals surface area (Å²) >= 11 is 0. The van der Waals surface area contributed by atoms with Crippen molar-refractivity contribution in [2.45, 2.75) is 19.9 Å². The Morgan fingerprint density at radius 1 is 1.45 bits per heavy atom. The van der Waals surface area contributed by atoms with Crippen molar-refractivity contribution in [1.29, 1.82) is 0 Å². The number of benzene rings is 1. The smallest absolute Gasteiger partial charge is 0.305 e. The number of nitrogens with two attached hydrogens (primary N) is 1. The van der Waals surface area contributed by atoms with Crippen LogP contribution in [0.1, 0.15) is 24.2 Å². The molecule has 0 bridgehead atoms. The molecule has 1 amide bonds. The van der Waals surface area contributed by atoms with Crippen LogP contribution in [0.15, 0.2) is 12.1 Å². The lowest BCUT2D eigenvalue weighted by Gasteiger charge is -2.20. The molecular weight excluding hydrogens is 272 g/mol. The third kappa shape index (κ3) is 3.27. The molecule has 0 saturated carbocycles. The summed E-state index contributed by atoms with van der Waals surface area (Å²) in [7, 11) is 0. The summed E-state index contributed by atoms with van der Waals surface area (Å²) in [5.74, 6) is -3.77. The average Bonchev–Trinajstić information content (AvgIpc) is 2.35. The van der Waals surface area contributed by atoms with Crippen molar-refractivity contribution in [2.75, 3.05) is 6.54 Å². The Bertz CT molecular complexity index is 535. The van der Waals surface area contributed by atoms with Gasteiger partial charge in [0.05, 0.1) is 4.92 Å². The summed E-state index contributed by atoms with van der Waals surface area (Å²) in [6, 6.07) is 0.869. The van der Waals surface area contributed by atoms with E-state index in [2.05, 4.69) is 5.32 Å². The zero-order valence-corrected chi connectivity index (χ0v) is 11.0. The van der Waals surface area contributed by atoms with Gasteiger partial charge in [-0.15, -0.1) is 0 Å². The Morgan fingerprint density at radius 3 is 2.50 bits per heavy atom. The summed E-state index contributed by atoms with van der Waals surface area (Å²) in [6.45, 7) is 3.64. The quantitative estimate of drug-likeness (QED) is 0.634. The van der Waals surface area contributed by atoms with Crippen LogP contribution in [0.3, 0.4) is 0 Å². The van der Waals surface area contributed by atoms with Crippen molar-refractivity contribution in [1.82, 2.24) is 5.32 Å². The summed E-state index contributed by atoms with van der Waals surface area (Å²) in [5.41, 5.74) is 3.52. The number of hydrogen-bond acceptors (Lipinski definition) is 4. The zero-order valence-electron chi connectivity index (χ0n) is 11.0. The van der Waals surface area contributed by atoms with Crippen LogP contribution in [0.4, 0.5) is 14.5 Å². The fourth-order valence-corrected chi connectivity index (χ4v) is 1.63. The molecule has 0 heterocycles. The Balaban J connectivity index is 3.16. The van der Waals surface area contributed by atoms with Gasteiger partial charge in [0, 0.05) is 18.7 Å². The number of rotatable bonds is 5. The van der Waals surface area contributed by atoms with Crippen molar-refractivity contribution in [2.24, 2.45) is 11.7 Å². The van der Waals surface area contributed by atoms with E-state index in [1.807, 2.05) is 0 Å². The number of nitrogens with zero attached hydrogens (tertiary/aromatic N) is 1. The highest BCUT2D eigenvalue weighted by molar-refractivity contribution is 5.95. The first-order chi connectivity index (χ1) is 9.29. The molecule has 0 fully saturated rings. The Morgan fingerprint density at radius 2 is 2.05 bits per heavy atom. The van der Waals surface area contributed by atoms with Gasteiger partial charge in [0.25, 0.3) is 5.91 Å². The minimum atomic E-state index is -1.49. The normalized spacial score (nSPS) is 12.3. The number of nitrogens with one attached hydrogen (secondary N) is 1. The highest BCUT2D eigenvalue weighted by atomic mass is 19.1. The molecular formula is C12H15F2N3O3. The number of nitro groups is 1. The first kappa shape index (κ1) is 16.0. The van der Waals surface area contributed by atoms with Crippen molar-refractivity contribution >= 4 is 11.6 Å². The van der Waals surface area contributed by atoms with Crippen LogP contribution < -0.4 is 11.1 Å². The molecule has 8 heteroatoms. The maximum absolute atomic E-state index is 13.8. The number of hydrogen-bond donors (Lipinski definition) is 2. The number of amides is 1. The Labute approximate surface area is 114 Å². The molecule has 1 aromatic rings. The lowest BCUT2D eigenvalue weighted by molar-refractivity contribution is -0.387. The predicted molar refractivity (Wildman–Crippen MR) is 68.2 cm³/mol. The fraction of sp³-hybridized carbons (Fsp3) is 0.417. The Kier molecular flexibility index (Phi) is 5.09. The maximum atomic E-state index is 13.8. The van der Waals surface area contributed by atoms with Gasteiger partial charge in [-0.1, -0.05) is 13.8 Å². The fourth-order valence-electron chi connectivity index (χ4n) is 1.63. The highest BCUT2D eigenvalue weighted by Gasteiger charge is 2.27. The van der Waals surface area contributed by atoms with Gasteiger partial charge in [0.15, 0.2) is 0 Å². The maximum Gasteiger partial charge on any atom is 0.305 e. The van der Waals surface area contributed by atoms with E-state index in [1.54, 1.807) is 13.8 Å². The molecule has 1 aromatic carbocycles. The van der Waals surface area contributed by atoms with Crippen molar-refractivity contribution in [3.8, 4) is 0 Å². The molecule has 0 aliphatic rings. The summed E-state index contributed by atoms with van der Waals surface area (Å²) in [6.07, 6.45) is 0. The van der Waals surface area contributed by atoms with Gasteiger partial charge < -0.3 is 11.1 Å². The first-order valence-electron chi connectivity index (χ1n) is 5.92. The van der Waals surface area contributed by atoms with Crippen LogP contribution in [0.2, 0.25) is 0 Å². The average molecular weight is 287 g/mol. The summed E-state index contributed by atoms with van der Waals surface area (Å²) in [5, 5.41) is 12.9. The monoisotopic (exact) mass is 287 g/mol. The van der Waals surface area contributed by atoms with Crippen LogP contribution >= 0.6 is 0 Å². The van der Waals surface area contributed by atoms with Crippen molar-refractivity contribution in [3.05, 3.63) is 39.4 Å². The molecule has 6 nitrogen and oxygen atoms in total. The lowest BCUT2D eigenvalue weighted by atomic mass is 10.0. The van der Waals surface area contributed by atoms with Crippen LogP contribution in [-0.2, 0) is 0 Å². The van der Waals surface area contributed by atoms with Gasteiger partial charge in [-0.05, 0) is 12.0 Å². The molecule has 0 radical (unpaired) electrons. The zero-order chi connectivity index (χ0) is 15.4. The highest BCUT2D eigenvalue weighted by Crippen LogP contribution is 2.23.